The summed E-state index contributed by atoms with van der Waals surface area (Å²) >= 11 is 0. The smallest absolute Gasteiger partial charge is 0.338 e. The molecule has 21 heavy (non-hydrogen) atoms. The predicted molar refractivity (Wildman–Crippen MR) is 70.8 cm³/mol. The minimum absolute atomic E-state index is 0.0820. The lowest BCUT2D eigenvalue weighted by molar-refractivity contribution is -0.384. The van der Waals surface area contributed by atoms with Crippen LogP contribution in [0.1, 0.15) is 15.9 Å². The maximum absolute atomic E-state index is 13.8. The van der Waals surface area contributed by atoms with Gasteiger partial charge in [0.2, 0.25) is 0 Å². The molecule has 0 aliphatic carbocycles. The van der Waals surface area contributed by atoms with Crippen molar-refractivity contribution in [3.05, 3.63) is 69.5 Å². The molecule has 0 unspecified atom stereocenters. The third-order valence-corrected chi connectivity index (χ3v) is 2.75. The summed E-state index contributed by atoms with van der Waals surface area (Å²) in [7, 11) is 0. The maximum Gasteiger partial charge on any atom is 0.338 e. The van der Waals surface area contributed by atoms with Gasteiger partial charge >= 0.3 is 5.97 Å². The van der Waals surface area contributed by atoms with Crippen LogP contribution >= 0.6 is 0 Å². The number of hydrogen-bond donors (Lipinski definition) is 1. The monoisotopic (exact) mass is 291 g/mol. The fourth-order valence-electron chi connectivity index (χ4n) is 1.68. The van der Waals surface area contributed by atoms with Crippen LogP contribution in [-0.2, 0) is 6.61 Å². The summed E-state index contributed by atoms with van der Waals surface area (Å²) in [5.74, 6) is -1.89. The summed E-state index contributed by atoms with van der Waals surface area (Å²) < 4.78 is 19.1. The van der Waals surface area contributed by atoms with E-state index in [1.165, 1.54) is 36.4 Å². The van der Waals surface area contributed by atoms with Crippen molar-refractivity contribution in [2.24, 2.45) is 0 Å². The van der Waals surface area contributed by atoms with Crippen LogP contribution in [0.2, 0.25) is 0 Å². The van der Waals surface area contributed by atoms with Crippen molar-refractivity contribution in [3.63, 3.8) is 0 Å². The molecule has 7 heteroatoms. The van der Waals surface area contributed by atoms with E-state index < -0.39 is 22.3 Å². The Balaban J connectivity index is 2.11. The fourth-order valence-corrected chi connectivity index (χ4v) is 1.68. The van der Waals surface area contributed by atoms with E-state index in [2.05, 4.69) is 0 Å². The van der Waals surface area contributed by atoms with Crippen LogP contribution in [0.4, 0.5) is 10.1 Å². The number of rotatable bonds is 5. The Labute approximate surface area is 118 Å². The highest BCUT2D eigenvalue weighted by Crippen LogP contribution is 2.20. The van der Waals surface area contributed by atoms with Gasteiger partial charge in [-0.3, -0.25) is 10.1 Å². The summed E-state index contributed by atoms with van der Waals surface area (Å²) in [6, 6.07) is 9.29. The molecular weight excluding hydrogens is 281 g/mol. The summed E-state index contributed by atoms with van der Waals surface area (Å²) in [6.07, 6.45) is 0. The molecule has 0 aliphatic rings. The number of carboxylic acids is 1. The highest BCUT2D eigenvalue weighted by molar-refractivity contribution is 5.88. The zero-order chi connectivity index (χ0) is 15.4. The van der Waals surface area contributed by atoms with Crippen molar-refractivity contribution in [2.45, 2.75) is 6.61 Å². The van der Waals surface area contributed by atoms with Gasteiger partial charge in [-0.05, 0) is 18.2 Å². The van der Waals surface area contributed by atoms with Crippen molar-refractivity contribution < 1.29 is 24.0 Å². The maximum atomic E-state index is 13.8. The average Bonchev–Trinajstić information content (AvgIpc) is 2.46. The Morgan fingerprint density at radius 1 is 1.24 bits per heavy atom. The molecule has 0 atom stereocenters. The summed E-state index contributed by atoms with van der Waals surface area (Å²) in [5, 5.41) is 19.3. The third kappa shape index (κ3) is 3.33. The molecule has 2 rings (SSSR count). The van der Waals surface area contributed by atoms with E-state index in [0.717, 1.165) is 6.07 Å². The molecular formula is C14H10FNO5. The van der Waals surface area contributed by atoms with Crippen LogP contribution in [0.15, 0.2) is 42.5 Å². The number of non-ortho nitro benzene ring substituents is 1. The summed E-state index contributed by atoms with van der Waals surface area (Å²) in [4.78, 5) is 20.8. The van der Waals surface area contributed by atoms with Crippen LogP contribution in [0, 0.1) is 15.9 Å². The van der Waals surface area contributed by atoms with E-state index in [1.807, 2.05) is 0 Å². The predicted octanol–water partition coefficient (Wildman–Crippen LogP) is 3.01. The number of nitro benzene ring substituents is 1. The van der Waals surface area contributed by atoms with Crippen molar-refractivity contribution in [1.82, 2.24) is 0 Å². The van der Waals surface area contributed by atoms with Crippen molar-refractivity contribution in [2.75, 3.05) is 0 Å². The second-order valence-electron chi connectivity index (χ2n) is 4.12. The van der Waals surface area contributed by atoms with Crippen LogP contribution < -0.4 is 4.74 Å². The van der Waals surface area contributed by atoms with E-state index in [9.17, 15) is 19.3 Å². The molecule has 2 aromatic carbocycles. The zero-order valence-electron chi connectivity index (χ0n) is 10.7. The summed E-state index contributed by atoms with van der Waals surface area (Å²) in [5.41, 5.74) is -0.422. The summed E-state index contributed by atoms with van der Waals surface area (Å²) in [6.45, 7) is -0.176. The lowest BCUT2D eigenvalue weighted by atomic mass is 10.1. The number of halogens is 1. The van der Waals surface area contributed by atoms with Gasteiger partial charge in [0.25, 0.3) is 5.69 Å². The molecule has 2 aromatic rings. The van der Waals surface area contributed by atoms with Crippen molar-refractivity contribution >= 4 is 11.7 Å². The number of nitro groups is 1. The average molecular weight is 291 g/mol. The van der Waals surface area contributed by atoms with Gasteiger partial charge in [0.15, 0.2) is 0 Å². The van der Waals surface area contributed by atoms with Crippen LogP contribution in [0.5, 0.6) is 5.75 Å². The largest absolute Gasteiger partial charge is 0.489 e. The molecule has 0 spiro atoms. The molecule has 0 aromatic heterocycles. The first kappa shape index (κ1) is 14.4. The van der Waals surface area contributed by atoms with Gasteiger partial charge in [-0.25, -0.2) is 9.18 Å². The standard InChI is InChI=1S/C14H10FNO5/c15-13-9(2-1-3-12(13)14(17)18)8-21-11-6-4-10(5-7-11)16(19)20/h1-7H,8H2,(H,17,18). The molecule has 0 saturated carbocycles. The molecule has 0 heterocycles. The topological polar surface area (TPSA) is 89.7 Å². The van der Waals surface area contributed by atoms with Gasteiger partial charge < -0.3 is 9.84 Å². The van der Waals surface area contributed by atoms with E-state index in [0.29, 0.717) is 5.75 Å². The molecule has 0 bridgehead atoms. The van der Waals surface area contributed by atoms with Gasteiger partial charge in [-0.2, -0.15) is 0 Å². The van der Waals surface area contributed by atoms with Gasteiger partial charge in [0.05, 0.1) is 10.5 Å². The minimum atomic E-state index is -1.36. The Morgan fingerprint density at radius 2 is 1.90 bits per heavy atom. The number of nitrogens with zero attached hydrogens (tertiary/aromatic N) is 1. The second-order valence-corrected chi connectivity index (χ2v) is 4.12. The number of carboxylic acid groups (broad SMARTS) is 1. The van der Waals surface area contributed by atoms with Crippen molar-refractivity contribution in [1.29, 1.82) is 0 Å². The number of benzene rings is 2. The van der Waals surface area contributed by atoms with Crippen molar-refractivity contribution in [3.8, 4) is 5.75 Å². The Hall–Kier alpha value is -2.96. The Bertz CT molecular complexity index is 684. The molecule has 0 fully saturated rings. The first-order valence-corrected chi connectivity index (χ1v) is 5.87. The number of carbonyl (C=O) groups is 1. The second kappa shape index (κ2) is 6.00. The minimum Gasteiger partial charge on any atom is -0.489 e. The molecule has 108 valence electrons. The van der Waals surface area contributed by atoms with Gasteiger partial charge in [0.1, 0.15) is 18.2 Å². The Morgan fingerprint density at radius 3 is 2.48 bits per heavy atom. The van der Waals surface area contributed by atoms with E-state index in [-0.39, 0.29) is 17.9 Å². The number of hydrogen-bond acceptors (Lipinski definition) is 4. The van der Waals surface area contributed by atoms with Crippen LogP contribution in [0.25, 0.3) is 0 Å². The van der Waals surface area contributed by atoms with E-state index in [4.69, 9.17) is 9.84 Å². The van der Waals surface area contributed by atoms with E-state index >= 15 is 0 Å². The molecule has 0 amide bonds. The lowest BCUT2D eigenvalue weighted by Crippen LogP contribution is -2.06. The molecule has 1 N–H and O–H groups in total. The van der Waals surface area contributed by atoms with E-state index in [1.54, 1.807) is 0 Å². The zero-order valence-corrected chi connectivity index (χ0v) is 10.7. The van der Waals surface area contributed by atoms with Crippen LogP contribution in [0.3, 0.4) is 0 Å². The van der Waals surface area contributed by atoms with Crippen LogP contribution in [-0.4, -0.2) is 16.0 Å². The Kier molecular flexibility index (Phi) is 4.13. The SMILES string of the molecule is O=C(O)c1cccc(COc2ccc([N+](=O)[O-])cc2)c1F. The molecule has 0 aliphatic heterocycles. The third-order valence-electron chi connectivity index (χ3n) is 2.75. The lowest BCUT2D eigenvalue weighted by Gasteiger charge is -2.08. The first-order chi connectivity index (χ1) is 9.99. The highest BCUT2D eigenvalue weighted by Gasteiger charge is 2.14. The highest BCUT2D eigenvalue weighted by atomic mass is 19.1. The molecule has 0 radical (unpaired) electrons. The number of aromatic carboxylic acids is 1. The normalized spacial score (nSPS) is 10.1. The quantitative estimate of drug-likeness (QED) is 0.675. The van der Waals surface area contributed by atoms with Gasteiger partial charge in [-0.1, -0.05) is 12.1 Å². The first-order valence-electron chi connectivity index (χ1n) is 5.87. The fraction of sp³-hybridized carbons (Fsp3) is 0.0714. The molecule has 6 nitrogen and oxygen atoms in total. The van der Waals surface area contributed by atoms with Gasteiger partial charge in [-0.15, -0.1) is 0 Å². The van der Waals surface area contributed by atoms with Gasteiger partial charge in [0, 0.05) is 17.7 Å². The molecule has 0 saturated heterocycles. The number of ether oxygens (including phenoxy) is 1.